The minimum atomic E-state index is -3.64. The first-order valence-corrected chi connectivity index (χ1v) is 11.9. The lowest BCUT2D eigenvalue weighted by atomic mass is 9.92. The molecule has 5 rings (SSSR count). The quantitative estimate of drug-likeness (QED) is 0.682. The third-order valence-corrected chi connectivity index (χ3v) is 7.44. The number of sulfonamides is 1. The van der Waals surface area contributed by atoms with Gasteiger partial charge in [0.25, 0.3) is 0 Å². The maximum absolute atomic E-state index is 12.7. The molecule has 1 aromatic heterocycles. The fourth-order valence-electron chi connectivity index (χ4n) is 4.41. The zero-order valence-corrected chi connectivity index (χ0v) is 17.5. The highest BCUT2D eigenvalue weighted by Crippen LogP contribution is 2.27. The van der Waals surface area contributed by atoms with Crippen molar-refractivity contribution in [3.8, 4) is 0 Å². The summed E-state index contributed by atoms with van der Waals surface area (Å²) in [5.41, 5.74) is 4.23. The maximum Gasteiger partial charge on any atom is 0.240 e. The van der Waals surface area contributed by atoms with Gasteiger partial charge in [-0.25, -0.2) is 18.1 Å². The van der Waals surface area contributed by atoms with Crippen LogP contribution in [0.5, 0.6) is 0 Å². The summed E-state index contributed by atoms with van der Waals surface area (Å²) in [7, 11) is -3.64. The average molecular weight is 425 g/mol. The van der Waals surface area contributed by atoms with Gasteiger partial charge >= 0.3 is 0 Å². The van der Waals surface area contributed by atoms with E-state index < -0.39 is 10.0 Å². The minimum Gasteiger partial charge on any atom is -0.308 e. The van der Waals surface area contributed by atoms with Crippen LogP contribution in [0.25, 0.3) is 11.0 Å². The van der Waals surface area contributed by atoms with Gasteiger partial charge in [-0.05, 0) is 61.1 Å². The van der Waals surface area contributed by atoms with Crippen molar-refractivity contribution in [1.29, 1.82) is 0 Å². The number of nitrogens with zero attached hydrogens (tertiary/aromatic N) is 3. The summed E-state index contributed by atoms with van der Waals surface area (Å²) in [4.78, 5) is 19.2. The Balaban J connectivity index is 1.25. The van der Waals surface area contributed by atoms with Crippen molar-refractivity contribution in [2.24, 2.45) is 0 Å². The molecule has 1 amide bonds. The van der Waals surface area contributed by atoms with Crippen LogP contribution in [0.4, 0.5) is 5.95 Å². The Kier molecular flexibility index (Phi) is 4.83. The smallest absolute Gasteiger partial charge is 0.240 e. The topological polar surface area (TPSA) is 84.3 Å². The molecule has 0 saturated carbocycles. The molecule has 2 heterocycles. The summed E-state index contributed by atoms with van der Waals surface area (Å²) < 4.78 is 30.0. The molecule has 0 unspecified atom stereocenters. The number of carbonyl (C=O) groups excluding carboxylic acids is 1. The zero-order valence-electron chi connectivity index (χ0n) is 16.7. The van der Waals surface area contributed by atoms with E-state index in [2.05, 4.69) is 9.71 Å². The minimum absolute atomic E-state index is 0.0645. The first kappa shape index (κ1) is 19.3. The SMILES string of the molecule is O=C(CCNS(=O)(=O)c1ccc2c(c1)CCCC2)N1CCn2c1nc1ccccc12. The molecule has 2 aliphatic rings. The van der Waals surface area contributed by atoms with E-state index in [1.165, 1.54) is 5.56 Å². The number of amides is 1. The van der Waals surface area contributed by atoms with Crippen LogP contribution >= 0.6 is 0 Å². The van der Waals surface area contributed by atoms with E-state index in [0.29, 0.717) is 19.0 Å². The molecule has 1 N–H and O–H groups in total. The number of anilines is 1. The third-order valence-electron chi connectivity index (χ3n) is 5.99. The van der Waals surface area contributed by atoms with Crippen LogP contribution in [0.3, 0.4) is 0 Å². The number of fused-ring (bicyclic) bond motifs is 4. The summed E-state index contributed by atoms with van der Waals surface area (Å²) in [6, 6.07) is 13.2. The largest absolute Gasteiger partial charge is 0.308 e. The van der Waals surface area contributed by atoms with Crippen molar-refractivity contribution >= 4 is 32.9 Å². The van der Waals surface area contributed by atoms with Crippen LogP contribution in [0, 0.1) is 0 Å². The fraction of sp³-hybridized carbons (Fsp3) is 0.364. The monoisotopic (exact) mass is 424 g/mol. The standard InChI is InChI=1S/C22H24N4O3S/c27-21(26-14-13-25-20-8-4-3-7-19(20)24-22(25)26)11-12-23-30(28,29)18-10-9-16-5-1-2-6-17(16)15-18/h3-4,7-10,15,23H,1-2,5-6,11-14H2. The third kappa shape index (κ3) is 3.40. The molecule has 0 fully saturated rings. The number of nitrogens with one attached hydrogen (secondary N) is 1. The second kappa shape index (κ2) is 7.52. The number of imidazole rings is 1. The van der Waals surface area contributed by atoms with Gasteiger partial charge in [-0.2, -0.15) is 0 Å². The first-order chi connectivity index (χ1) is 14.5. The van der Waals surface area contributed by atoms with E-state index in [4.69, 9.17) is 0 Å². The van der Waals surface area contributed by atoms with Gasteiger partial charge in [0.05, 0.1) is 15.9 Å². The van der Waals surface area contributed by atoms with Crippen molar-refractivity contribution in [2.45, 2.75) is 43.5 Å². The Labute approximate surface area is 175 Å². The maximum atomic E-state index is 12.7. The number of aryl methyl sites for hydroxylation is 2. The van der Waals surface area contributed by atoms with Crippen LogP contribution in [0.1, 0.15) is 30.4 Å². The fourth-order valence-corrected chi connectivity index (χ4v) is 5.50. The second-order valence-electron chi connectivity index (χ2n) is 7.88. The van der Waals surface area contributed by atoms with Gasteiger partial charge in [0.1, 0.15) is 0 Å². The normalized spacial score (nSPS) is 15.9. The van der Waals surface area contributed by atoms with Crippen LogP contribution in [0.15, 0.2) is 47.4 Å². The molecule has 30 heavy (non-hydrogen) atoms. The Bertz CT molecular complexity index is 1230. The van der Waals surface area contributed by atoms with Crippen molar-refractivity contribution in [3.63, 3.8) is 0 Å². The Morgan fingerprint density at radius 2 is 1.83 bits per heavy atom. The summed E-state index contributed by atoms with van der Waals surface area (Å²) in [5.74, 6) is 0.510. The number of para-hydroxylation sites is 2. The molecule has 3 aromatic rings. The van der Waals surface area contributed by atoms with Gasteiger partial charge in [-0.15, -0.1) is 0 Å². The molecule has 1 aliphatic heterocycles. The lowest BCUT2D eigenvalue weighted by Gasteiger charge is -2.17. The van der Waals surface area contributed by atoms with Crippen LogP contribution in [-0.2, 0) is 34.2 Å². The van der Waals surface area contributed by atoms with E-state index in [1.54, 1.807) is 17.0 Å². The number of carbonyl (C=O) groups is 1. The van der Waals surface area contributed by atoms with Gasteiger partial charge in [0.2, 0.25) is 21.9 Å². The van der Waals surface area contributed by atoms with Gasteiger partial charge in [0, 0.05) is 26.1 Å². The van der Waals surface area contributed by atoms with E-state index in [0.717, 1.165) is 42.3 Å². The highest BCUT2D eigenvalue weighted by molar-refractivity contribution is 7.89. The lowest BCUT2D eigenvalue weighted by Crippen LogP contribution is -2.33. The van der Waals surface area contributed by atoms with Crippen LogP contribution in [0.2, 0.25) is 0 Å². The summed E-state index contributed by atoms with van der Waals surface area (Å²) in [5, 5.41) is 0. The van der Waals surface area contributed by atoms with E-state index in [9.17, 15) is 13.2 Å². The van der Waals surface area contributed by atoms with Crippen molar-refractivity contribution < 1.29 is 13.2 Å². The predicted molar refractivity (Wildman–Crippen MR) is 115 cm³/mol. The molecule has 0 bridgehead atoms. The van der Waals surface area contributed by atoms with Gasteiger partial charge < -0.3 is 4.57 Å². The molecule has 156 valence electrons. The summed E-state index contributed by atoms with van der Waals surface area (Å²) in [6.45, 7) is 1.32. The van der Waals surface area contributed by atoms with Crippen molar-refractivity contribution in [2.75, 3.05) is 18.0 Å². The molecule has 1 aliphatic carbocycles. The van der Waals surface area contributed by atoms with Crippen LogP contribution in [-0.4, -0.2) is 37.0 Å². The molecule has 8 heteroatoms. The number of benzene rings is 2. The molecular weight excluding hydrogens is 400 g/mol. The lowest BCUT2D eigenvalue weighted by molar-refractivity contribution is -0.118. The van der Waals surface area contributed by atoms with Gasteiger partial charge in [0.15, 0.2) is 0 Å². The molecule has 7 nitrogen and oxygen atoms in total. The number of rotatable bonds is 5. The molecule has 0 saturated heterocycles. The average Bonchev–Trinajstić information content (AvgIpc) is 3.32. The van der Waals surface area contributed by atoms with Crippen molar-refractivity contribution in [1.82, 2.24) is 14.3 Å². The van der Waals surface area contributed by atoms with Gasteiger partial charge in [-0.3, -0.25) is 9.69 Å². The Morgan fingerprint density at radius 3 is 2.70 bits per heavy atom. The summed E-state index contributed by atoms with van der Waals surface area (Å²) >= 11 is 0. The highest BCUT2D eigenvalue weighted by atomic mass is 32.2. The number of hydrogen-bond acceptors (Lipinski definition) is 4. The molecule has 0 atom stereocenters. The summed E-state index contributed by atoms with van der Waals surface area (Å²) in [6.07, 6.45) is 4.28. The van der Waals surface area contributed by atoms with Crippen LogP contribution < -0.4 is 9.62 Å². The Morgan fingerprint density at radius 1 is 1.03 bits per heavy atom. The zero-order chi connectivity index (χ0) is 20.7. The predicted octanol–water partition coefficient (Wildman–Crippen LogP) is 2.63. The second-order valence-corrected chi connectivity index (χ2v) is 9.65. The first-order valence-electron chi connectivity index (χ1n) is 10.4. The number of hydrogen-bond donors (Lipinski definition) is 1. The molecule has 0 radical (unpaired) electrons. The van der Waals surface area contributed by atoms with E-state index in [1.807, 2.05) is 34.9 Å². The molecular formula is C22H24N4O3S. The van der Waals surface area contributed by atoms with Crippen molar-refractivity contribution in [3.05, 3.63) is 53.6 Å². The molecule has 2 aromatic carbocycles. The van der Waals surface area contributed by atoms with Gasteiger partial charge in [-0.1, -0.05) is 18.2 Å². The molecule has 0 spiro atoms. The Hall–Kier alpha value is -2.71. The van der Waals surface area contributed by atoms with E-state index >= 15 is 0 Å². The van der Waals surface area contributed by atoms with E-state index in [-0.39, 0.29) is 23.8 Å². The highest BCUT2D eigenvalue weighted by Gasteiger charge is 2.28. The number of aromatic nitrogens is 2.